The average molecular weight is 413 g/mol. The van der Waals surface area contributed by atoms with Crippen LogP contribution in [0, 0.1) is 0 Å². The number of aliphatic hydroxyl groups excluding tert-OH is 1. The zero-order valence-corrected chi connectivity index (χ0v) is 17.2. The van der Waals surface area contributed by atoms with Crippen LogP contribution in [0.25, 0.3) is 0 Å². The van der Waals surface area contributed by atoms with Gasteiger partial charge in [-0.1, -0.05) is 60.7 Å². The summed E-state index contributed by atoms with van der Waals surface area (Å²) in [5, 5.41) is 15.6. The van der Waals surface area contributed by atoms with Crippen molar-refractivity contribution in [2.45, 2.75) is 43.9 Å². The SMILES string of the molecule is NC(CC(=O)NCCNC(=O)CC(O)C(N)Cc1ccccc1)Cc1ccccc1. The number of aliphatic hydroxyl groups is 1. The lowest BCUT2D eigenvalue weighted by molar-refractivity contribution is -0.124. The molecule has 2 aromatic carbocycles. The quantitative estimate of drug-likeness (QED) is 0.324. The standard InChI is InChI=1S/C23H32N4O3/c24-19(13-17-7-3-1-4-8-17)15-22(29)26-11-12-27-23(30)16-21(28)20(25)14-18-9-5-2-6-10-18/h1-10,19-21,28H,11-16,24-25H2,(H,26,29)(H,27,30). The van der Waals surface area contributed by atoms with E-state index in [-0.39, 0.29) is 37.2 Å². The molecule has 0 fully saturated rings. The van der Waals surface area contributed by atoms with Crippen LogP contribution < -0.4 is 22.1 Å². The Hall–Kier alpha value is -2.74. The number of hydrogen-bond donors (Lipinski definition) is 5. The minimum absolute atomic E-state index is 0.0795. The van der Waals surface area contributed by atoms with E-state index in [1.807, 2.05) is 60.7 Å². The van der Waals surface area contributed by atoms with Gasteiger partial charge in [0.1, 0.15) is 0 Å². The van der Waals surface area contributed by atoms with Gasteiger partial charge < -0.3 is 27.2 Å². The van der Waals surface area contributed by atoms with Crippen LogP contribution in [0.3, 0.4) is 0 Å². The number of nitrogens with two attached hydrogens (primary N) is 2. The molecule has 0 aromatic heterocycles. The maximum absolute atomic E-state index is 12.0. The van der Waals surface area contributed by atoms with E-state index >= 15 is 0 Å². The predicted octanol–water partition coefficient (Wildman–Crippen LogP) is 0.500. The third kappa shape index (κ3) is 9.17. The molecule has 0 bridgehead atoms. The van der Waals surface area contributed by atoms with E-state index in [2.05, 4.69) is 10.6 Å². The summed E-state index contributed by atoms with van der Waals surface area (Å²) in [5.41, 5.74) is 14.1. The van der Waals surface area contributed by atoms with Crippen LogP contribution in [-0.4, -0.2) is 48.2 Å². The number of hydrogen-bond acceptors (Lipinski definition) is 5. The second-order valence-electron chi connectivity index (χ2n) is 7.48. The second-order valence-corrected chi connectivity index (χ2v) is 7.48. The van der Waals surface area contributed by atoms with Crippen LogP contribution in [0.2, 0.25) is 0 Å². The van der Waals surface area contributed by atoms with Crippen LogP contribution in [0.4, 0.5) is 0 Å². The van der Waals surface area contributed by atoms with Gasteiger partial charge in [0.15, 0.2) is 0 Å². The van der Waals surface area contributed by atoms with Crippen molar-refractivity contribution in [2.75, 3.05) is 13.1 Å². The summed E-state index contributed by atoms with van der Waals surface area (Å²) in [6.07, 6.45) is 0.330. The molecule has 162 valence electrons. The number of carbonyl (C=O) groups excluding carboxylic acids is 2. The summed E-state index contributed by atoms with van der Waals surface area (Å²) in [6, 6.07) is 18.6. The van der Waals surface area contributed by atoms with Crippen LogP contribution in [0.1, 0.15) is 24.0 Å². The summed E-state index contributed by atoms with van der Waals surface area (Å²) < 4.78 is 0. The predicted molar refractivity (Wildman–Crippen MR) is 118 cm³/mol. The van der Waals surface area contributed by atoms with Crippen LogP contribution in [0.15, 0.2) is 60.7 Å². The molecule has 0 radical (unpaired) electrons. The maximum atomic E-state index is 12.0. The van der Waals surface area contributed by atoms with Gasteiger partial charge in [-0.15, -0.1) is 0 Å². The fraction of sp³-hybridized carbons (Fsp3) is 0.391. The molecule has 0 heterocycles. The minimum atomic E-state index is -0.934. The molecule has 2 rings (SSSR count). The Morgan fingerprint density at radius 2 is 1.23 bits per heavy atom. The number of amides is 2. The fourth-order valence-corrected chi connectivity index (χ4v) is 3.14. The van der Waals surface area contributed by atoms with Gasteiger partial charge in [-0.05, 0) is 24.0 Å². The lowest BCUT2D eigenvalue weighted by Gasteiger charge is -2.18. The highest BCUT2D eigenvalue weighted by molar-refractivity contribution is 5.77. The van der Waals surface area contributed by atoms with Crippen molar-refractivity contribution >= 4 is 11.8 Å². The Morgan fingerprint density at radius 3 is 1.77 bits per heavy atom. The first-order chi connectivity index (χ1) is 14.4. The molecular weight excluding hydrogens is 380 g/mol. The summed E-state index contributed by atoms with van der Waals surface area (Å²) in [5.74, 6) is -0.460. The molecule has 3 atom stereocenters. The first kappa shape index (κ1) is 23.5. The van der Waals surface area contributed by atoms with Gasteiger partial charge >= 0.3 is 0 Å². The van der Waals surface area contributed by atoms with Crippen molar-refractivity contribution in [3.05, 3.63) is 71.8 Å². The van der Waals surface area contributed by atoms with Crippen LogP contribution >= 0.6 is 0 Å². The Kier molecular flexibility index (Phi) is 10.00. The summed E-state index contributed by atoms with van der Waals surface area (Å²) >= 11 is 0. The number of rotatable bonds is 12. The highest BCUT2D eigenvalue weighted by atomic mass is 16.3. The lowest BCUT2D eigenvalue weighted by Crippen LogP contribution is -2.42. The number of benzene rings is 2. The molecule has 0 aliphatic carbocycles. The zero-order valence-electron chi connectivity index (χ0n) is 17.2. The monoisotopic (exact) mass is 412 g/mol. The van der Waals surface area contributed by atoms with Crippen molar-refractivity contribution in [1.29, 1.82) is 0 Å². The van der Waals surface area contributed by atoms with Crippen molar-refractivity contribution in [3.63, 3.8) is 0 Å². The highest BCUT2D eigenvalue weighted by Crippen LogP contribution is 2.07. The number of nitrogens with one attached hydrogen (secondary N) is 2. The van der Waals surface area contributed by atoms with Gasteiger partial charge in [0.2, 0.25) is 11.8 Å². The van der Waals surface area contributed by atoms with Gasteiger partial charge in [-0.3, -0.25) is 9.59 Å². The summed E-state index contributed by atoms with van der Waals surface area (Å²) in [4.78, 5) is 23.9. The average Bonchev–Trinajstić information content (AvgIpc) is 2.72. The third-order valence-electron chi connectivity index (χ3n) is 4.76. The van der Waals surface area contributed by atoms with E-state index in [4.69, 9.17) is 11.5 Å². The minimum Gasteiger partial charge on any atom is -0.391 e. The molecule has 0 spiro atoms. The first-order valence-corrected chi connectivity index (χ1v) is 10.2. The molecule has 0 aliphatic rings. The highest BCUT2D eigenvalue weighted by Gasteiger charge is 2.18. The van der Waals surface area contributed by atoms with Crippen molar-refractivity contribution in [1.82, 2.24) is 10.6 Å². The molecule has 7 nitrogen and oxygen atoms in total. The van der Waals surface area contributed by atoms with E-state index < -0.39 is 12.1 Å². The molecule has 0 aliphatic heterocycles. The molecule has 7 N–H and O–H groups in total. The van der Waals surface area contributed by atoms with Crippen molar-refractivity contribution < 1.29 is 14.7 Å². The normalized spacial score (nSPS) is 13.8. The van der Waals surface area contributed by atoms with Crippen molar-refractivity contribution in [2.24, 2.45) is 11.5 Å². The van der Waals surface area contributed by atoms with E-state index in [0.29, 0.717) is 19.4 Å². The Balaban J connectivity index is 1.58. The molecule has 30 heavy (non-hydrogen) atoms. The van der Waals surface area contributed by atoms with Gasteiger partial charge in [0.25, 0.3) is 0 Å². The third-order valence-corrected chi connectivity index (χ3v) is 4.76. The molecule has 2 aromatic rings. The molecule has 0 saturated heterocycles. The van der Waals surface area contributed by atoms with Crippen molar-refractivity contribution in [3.8, 4) is 0 Å². The summed E-state index contributed by atoms with van der Waals surface area (Å²) in [7, 11) is 0. The Morgan fingerprint density at radius 1 is 0.767 bits per heavy atom. The first-order valence-electron chi connectivity index (χ1n) is 10.2. The van der Waals surface area contributed by atoms with E-state index in [1.165, 1.54) is 0 Å². The van der Waals surface area contributed by atoms with Gasteiger partial charge in [0.05, 0.1) is 12.5 Å². The fourth-order valence-electron chi connectivity index (χ4n) is 3.14. The maximum Gasteiger partial charge on any atom is 0.222 e. The Bertz CT molecular complexity index is 771. The second kappa shape index (κ2) is 12.7. The lowest BCUT2D eigenvalue weighted by atomic mass is 10.00. The molecule has 2 amide bonds. The van der Waals surface area contributed by atoms with E-state index in [9.17, 15) is 14.7 Å². The molecule has 3 unspecified atom stereocenters. The largest absolute Gasteiger partial charge is 0.391 e. The van der Waals surface area contributed by atoms with E-state index in [0.717, 1.165) is 11.1 Å². The molecular formula is C23H32N4O3. The topological polar surface area (TPSA) is 130 Å². The van der Waals surface area contributed by atoms with Crippen LogP contribution in [0.5, 0.6) is 0 Å². The molecule has 0 saturated carbocycles. The van der Waals surface area contributed by atoms with Gasteiger partial charge in [-0.25, -0.2) is 0 Å². The smallest absolute Gasteiger partial charge is 0.222 e. The van der Waals surface area contributed by atoms with E-state index in [1.54, 1.807) is 0 Å². The summed E-state index contributed by atoms with van der Waals surface area (Å²) in [6.45, 7) is 0.577. The van der Waals surface area contributed by atoms with Gasteiger partial charge in [0, 0.05) is 31.6 Å². The zero-order chi connectivity index (χ0) is 21.8. The number of carbonyl (C=O) groups is 2. The molecule has 7 heteroatoms. The van der Waals surface area contributed by atoms with Gasteiger partial charge in [-0.2, -0.15) is 0 Å². The van der Waals surface area contributed by atoms with Crippen LogP contribution in [-0.2, 0) is 22.4 Å². The Labute approximate surface area is 177 Å².